The molecule has 1 saturated heterocycles. The minimum Gasteiger partial charge on any atom is -0.382 e. The van der Waals surface area contributed by atoms with E-state index >= 15 is 0 Å². The van der Waals surface area contributed by atoms with Crippen molar-refractivity contribution in [3.8, 4) is 0 Å². The van der Waals surface area contributed by atoms with Crippen molar-refractivity contribution in [1.29, 1.82) is 0 Å². The molecule has 8 nitrogen and oxygen atoms in total. The van der Waals surface area contributed by atoms with Gasteiger partial charge in [-0.3, -0.25) is 9.69 Å². The highest BCUT2D eigenvalue weighted by Crippen LogP contribution is 2.15. The molecule has 8 heteroatoms. The summed E-state index contributed by atoms with van der Waals surface area (Å²) >= 11 is 0. The normalized spacial score (nSPS) is 14.6. The number of ether oxygens (including phenoxy) is 1. The number of nitrogens with one attached hydrogen (secondary N) is 1. The standard InChI is InChI=1S/C21H24N6O2/c22-20-19(21(28)23-18-4-2-1-3-5-18)24-25-27(20)15-17-8-6-16(7-9-17)14-26-10-12-29-13-11-26/h1-9H,10-15,22H2,(H,23,28). The van der Waals surface area contributed by atoms with Gasteiger partial charge in [0.15, 0.2) is 11.5 Å². The number of aromatic nitrogens is 3. The largest absolute Gasteiger partial charge is 0.382 e. The molecule has 2 aromatic carbocycles. The lowest BCUT2D eigenvalue weighted by Crippen LogP contribution is -2.35. The highest BCUT2D eigenvalue weighted by Gasteiger charge is 2.18. The zero-order valence-electron chi connectivity index (χ0n) is 16.1. The summed E-state index contributed by atoms with van der Waals surface area (Å²) in [7, 11) is 0. The van der Waals surface area contributed by atoms with Gasteiger partial charge in [-0.15, -0.1) is 5.10 Å². The first-order valence-electron chi connectivity index (χ1n) is 9.62. The molecule has 4 rings (SSSR count). The Morgan fingerprint density at radius 3 is 2.34 bits per heavy atom. The van der Waals surface area contributed by atoms with E-state index in [4.69, 9.17) is 10.5 Å². The van der Waals surface area contributed by atoms with Crippen LogP contribution in [0.15, 0.2) is 54.6 Å². The van der Waals surface area contributed by atoms with Crippen LogP contribution < -0.4 is 11.1 Å². The lowest BCUT2D eigenvalue weighted by Gasteiger charge is -2.26. The van der Waals surface area contributed by atoms with E-state index in [1.54, 1.807) is 12.1 Å². The van der Waals surface area contributed by atoms with Crippen molar-refractivity contribution in [2.75, 3.05) is 37.4 Å². The number of para-hydroxylation sites is 1. The summed E-state index contributed by atoms with van der Waals surface area (Å²) < 4.78 is 6.93. The number of hydrogen-bond acceptors (Lipinski definition) is 6. The lowest BCUT2D eigenvalue weighted by atomic mass is 10.1. The molecule has 0 radical (unpaired) electrons. The maximum atomic E-state index is 12.4. The first kappa shape index (κ1) is 19.1. The van der Waals surface area contributed by atoms with E-state index in [-0.39, 0.29) is 17.4 Å². The summed E-state index contributed by atoms with van der Waals surface area (Å²) in [5, 5.41) is 10.8. The van der Waals surface area contributed by atoms with Crippen molar-refractivity contribution in [3.05, 3.63) is 71.4 Å². The van der Waals surface area contributed by atoms with Gasteiger partial charge in [0.2, 0.25) is 0 Å². The SMILES string of the molecule is Nc1c(C(=O)Nc2ccccc2)nnn1Cc1ccc(CN2CCOCC2)cc1. The van der Waals surface area contributed by atoms with E-state index < -0.39 is 0 Å². The van der Waals surface area contributed by atoms with Crippen LogP contribution in [0.3, 0.4) is 0 Å². The van der Waals surface area contributed by atoms with Crippen LogP contribution >= 0.6 is 0 Å². The molecule has 0 atom stereocenters. The maximum Gasteiger partial charge on any atom is 0.280 e. The molecule has 29 heavy (non-hydrogen) atoms. The third kappa shape index (κ3) is 4.79. The molecule has 1 aliphatic rings. The Balaban J connectivity index is 1.39. The quantitative estimate of drug-likeness (QED) is 0.666. The molecule has 1 aliphatic heterocycles. The van der Waals surface area contributed by atoms with Gasteiger partial charge < -0.3 is 15.8 Å². The molecule has 1 amide bonds. The number of benzene rings is 2. The van der Waals surface area contributed by atoms with Crippen LogP contribution in [-0.2, 0) is 17.8 Å². The Hall–Kier alpha value is -3.23. The van der Waals surface area contributed by atoms with Crippen LogP contribution in [0.25, 0.3) is 0 Å². The zero-order chi connectivity index (χ0) is 20.1. The molecule has 3 aromatic rings. The van der Waals surface area contributed by atoms with E-state index in [0.717, 1.165) is 38.4 Å². The molecule has 1 fully saturated rings. The number of morpholine rings is 1. The molecule has 1 aromatic heterocycles. The van der Waals surface area contributed by atoms with Crippen molar-refractivity contribution < 1.29 is 9.53 Å². The molecule has 3 N–H and O–H groups in total. The van der Waals surface area contributed by atoms with Crippen LogP contribution in [-0.4, -0.2) is 52.1 Å². The van der Waals surface area contributed by atoms with Gasteiger partial charge in [-0.2, -0.15) is 0 Å². The summed E-state index contributed by atoms with van der Waals surface area (Å²) in [6.07, 6.45) is 0. The number of nitrogens with two attached hydrogens (primary N) is 1. The third-order valence-corrected chi connectivity index (χ3v) is 4.89. The van der Waals surface area contributed by atoms with Crippen LogP contribution in [0.5, 0.6) is 0 Å². The van der Waals surface area contributed by atoms with E-state index in [1.807, 2.05) is 18.2 Å². The Labute approximate surface area is 169 Å². The molecule has 0 unspecified atom stereocenters. The number of rotatable bonds is 6. The van der Waals surface area contributed by atoms with Gasteiger partial charge in [0.1, 0.15) is 0 Å². The molecule has 0 spiro atoms. The number of amides is 1. The number of anilines is 2. The monoisotopic (exact) mass is 392 g/mol. The highest BCUT2D eigenvalue weighted by molar-refractivity contribution is 6.05. The number of nitrogens with zero attached hydrogens (tertiary/aromatic N) is 4. The van der Waals surface area contributed by atoms with Crippen molar-refractivity contribution in [1.82, 2.24) is 19.9 Å². The van der Waals surface area contributed by atoms with Crippen LogP contribution in [0.2, 0.25) is 0 Å². The first-order valence-corrected chi connectivity index (χ1v) is 9.62. The fourth-order valence-corrected chi connectivity index (χ4v) is 3.25. The fourth-order valence-electron chi connectivity index (χ4n) is 3.25. The number of carbonyl (C=O) groups excluding carboxylic acids is 1. The predicted molar refractivity (Wildman–Crippen MR) is 110 cm³/mol. The second-order valence-corrected chi connectivity index (χ2v) is 7.01. The second kappa shape index (κ2) is 8.85. The highest BCUT2D eigenvalue weighted by atomic mass is 16.5. The summed E-state index contributed by atoms with van der Waals surface area (Å²) in [6, 6.07) is 17.5. The first-order chi connectivity index (χ1) is 14.2. The van der Waals surface area contributed by atoms with Crippen LogP contribution in [0.4, 0.5) is 11.5 Å². The zero-order valence-corrected chi connectivity index (χ0v) is 16.1. The van der Waals surface area contributed by atoms with Crippen molar-refractivity contribution in [3.63, 3.8) is 0 Å². The van der Waals surface area contributed by atoms with Crippen molar-refractivity contribution in [2.24, 2.45) is 0 Å². The Morgan fingerprint density at radius 1 is 1.00 bits per heavy atom. The maximum absolute atomic E-state index is 12.4. The van der Waals surface area contributed by atoms with Crippen LogP contribution in [0.1, 0.15) is 21.6 Å². The predicted octanol–water partition coefficient (Wildman–Crippen LogP) is 1.99. The van der Waals surface area contributed by atoms with E-state index in [0.29, 0.717) is 12.2 Å². The minimum atomic E-state index is -0.374. The van der Waals surface area contributed by atoms with Gasteiger partial charge in [-0.1, -0.05) is 47.7 Å². The van der Waals surface area contributed by atoms with E-state index in [2.05, 4.69) is 44.8 Å². The number of carbonyl (C=O) groups is 1. The topological polar surface area (TPSA) is 98.3 Å². The lowest BCUT2D eigenvalue weighted by molar-refractivity contribution is 0.0342. The average Bonchev–Trinajstić information content (AvgIpc) is 3.11. The fraction of sp³-hybridized carbons (Fsp3) is 0.286. The van der Waals surface area contributed by atoms with Gasteiger partial charge >= 0.3 is 0 Å². The van der Waals surface area contributed by atoms with Gasteiger partial charge in [-0.05, 0) is 23.3 Å². The van der Waals surface area contributed by atoms with Crippen molar-refractivity contribution in [2.45, 2.75) is 13.1 Å². The molecule has 150 valence electrons. The minimum absolute atomic E-state index is 0.123. The summed E-state index contributed by atoms with van der Waals surface area (Å²) in [5.74, 6) is -0.128. The Morgan fingerprint density at radius 2 is 1.66 bits per heavy atom. The third-order valence-electron chi connectivity index (χ3n) is 4.89. The molecule has 0 bridgehead atoms. The average molecular weight is 392 g/mol. The van der Waals surface area contributed by atoms with E-state index in [1.165, 1.54) is 10.2 Å². The van der Waals surface area contributed by atoms with Crippen LogP contribution in [0, 0.1) is 0 Å². The summed E-state index contributed by atoms with van der Waals surface area (Å²) in [5.41, 5.74) is 9.22. The van der Waals surface area contributed by atoms with Gasteiger partial charge in [0.05, 0.1) is 19.8 Å². The van der Waals surface area contributed by atoms with E-state index in [9.17, 15) is 4.79 Å². The molecule has 0 saturated carbocycles. The molecule has 2 heterocycles. The summed E-state index contributed by atoms with van der Waals surface area (Å²) in [4.78, 5) is 14.8. The molecular weight excluding hydrogens is 368 g/mol. The van der Waals surface area contributed by atoms with Gasteiger partial charge in [-0.25, -0.2) is 4.68 Å². The Bertz CT molecular complexity index is 949. The molecular formula is C21H24N6O2. The smallest absolute Gasteiger partial charge is 0.280 e. The summed E-state index contributed by atoms with van der Waals surface area (Å²) in [6.45, 7) is 4.89. The van der Waals surface area contributed by atoms with Gasteiger partial charge in [0, 0.05) is 25.3 Å². The van der Waals surface area contributed by atoms with Crippen molar-refractivity contribution >= 4 is 17.4 Å². The molecule has 0 aliphatic carbocycles. The second-order valence-electron chi connectivity index (χ2n) is 7.01. The number of nitrogen functional groups attached to an aromatic ring is 1. The number of hydrogen-bond donors (Lipinski definition) is 2. The van der Waals surface area contributed by atoms with Gasteiger partial charge in [0.25, 0.3) is 5.91 Å². The Kier molecular flexibility index (Phi) is 5.83.